The lowest BCUT2D eigenvalue weighted by Gasteiger charge is -2.49. The van der Waals surface area contributed by atoms with Crippen LogP contribution in [-0.4, -0.2) is 131 Å². The van der Waals surface area contributed by atoms with Crippen molar-refractivity contribution in [3.8, 4) is 17.2 Å². The average Bonchev–Trinajstić information content (AvgIpc) is 3.07. The molecule has 3 aromatic rings. The Morgan fingerprint density at radius 2 is 1.43 bits per heavy atom. The number of hydrogen-bond donors (Lipinski definition) is 10. The van der Waals surface area contributed by atoms with E-state index in [1.807, 2.05) is 0 Å². The largest absolute Gasteiger partial charge is 0.508 e. The molecule has 0 amide bonds. The van der Waals surface area contributed by atoms with Gasteiger partial charge in [0, 0.05) is 17.2 Å². The number of aromatic hydroxyl groups is 2. The Hall–Kier alpha value is -4.20. The summed E-state index contributed by atoms with van der Waals surface area (Å²) in [5.74, 6) is -3.86. The predicted molar refractivity (Wildman–Crippen MR) is 160 cm³/mol. The minimum atomic E-state index is -2.80. The topological polar surface area (TPSA) is 273 Å². The zero-order valence-corrected chi connectivity index (χ0v) is 25.6. The fourth-order valence-corrected chi connectivity index (χ4v) is 6.44. The fourth-order valence-electron chi connectivity index (χ4n) is 6.44. The molecule has 2 aliphatic heterocycles. The van der Waals surface area contributed by atoms with Gasteiger partial charge >= 0.3 is 5.97 Å². The van der Waals surface area contributed by atoms with Gasteiger partial charge in [0.2, 0.25) is 18.4 Å². The van der Waals surface area contributed by atoms with E-state index in [0.29, 0.717) is 0 Å². The molecule has 3 aliphatic rings. The molecule has 3 aromatic carbocycles. The Bertz CT molecular complexity index is 1750. The number of aliphatic hydroxyl groups is 8. The fraction of sp³-hybridized carbons (Fsp3) is 0.394. The molecule has 0 unspecified atom stereocenters. The van der Waals surface area contributed by atoms with Gasteiger partial charge in [-0.1, -0.05) is 24.3 Å². The minimum absolute atomic E-state index is 0.0357. The third-order valence-corrected chi connectivity index (χ3v) is 8.93. The maximum Gasteiger partial charge on any atom is 0.340 e. The SMILES string of the molecule is Cc1cc(O[C@@H]2O[C@H](CO)[C@@H](O)[C@H](O)[C@H]2O)c2c(c1)[C@@](O)([C@H]1O[C@H](OC(=O)c3ccccc3)[C@@H](O)[C@@H](O)[C@@H]1O)c1cc(O)cc(O)c1C2=O. The molecule has 0 bridgehead atoms. The van der Waals surface area contributed by atoms with Gasteiger partial charge in [-0.15, -0.1) is 0 Å². The number of rotatable bonds is 6. The van der Waals surface area contributed by atoms with E-state index in [1.165, 1.54) is 43.3 Å². The molecule has 16 nitrogen and oxygen atoms in total. The second kappa shape index (κ2) is 12.9. The van der Waals surface area contributed by atoms with E-state index in [9.17, 15) is 60.7 Å². The monoisotopic (exact) mass is 686 g/mol. The standard InChI is InChI=1S/C33H34O16/c1-12-7-15-21(18(8-12)46-31-27(42)24(39)22(37)19(11-34)47-31)23(38)20-16(9-14(35)10-17(20)36)33(15,45)29-26(41)25(40)28(43)32(48-29)49-30(44)13-5-3-2-4-6-13/h2-10,19,22,24-29,31-32,34-37,39-43,45H,11H2,1H3/t19-,22-,24+,25+,26+,27-,28+,29+,31-,32-,33+/m1/s1. The van der Waals surface area contributed by atoms with Crippen molar-refractivity contribution in [1.82, 2.24) is 0 Å². The van der Waals surface area contributed by atoms with Crippen LogP contribution in [0, 0.1) is 6.92 Å². The van der Waals surface area contributed by atoms with Crippen LogP contribution in [0.2, 0.25) is 0 Å². The van der Waals surface area contributed by atoms with Gasteiger partial charge in [-0.3, -0.25) is 4.79 Å². The normalized spacial score (nSPS) is 34.1. The number of phenolic OH excluding ortho intramolecular Hbond substituents is 2. The number of esters is 1. The number of carbonyl (C=O) groups is 2. The Labute approximate surface area is 277 Å². The Morgan fingerprint density at radius 1 is 0.796 bits per heavy atom. The quantitative estimate of drug-likeness (QED) is 0.126. The van der Waals surface area contributed by atoms with Crippen molar-refractivity contribution in [3.63, 3.8) is 0 Å². The Morgan fingerprint density at radius 3 is 2.10 bits per heavy atom. The molecule has 6 rings (SSSR count). The number of carbonyl (C=O) groups excluding carboxylic acids is 2. The van der Waals surface area contributed by atoms with Gasteiger partial charge in [-0.25, -0.2) is 4.79 Å². The highest BCUT2D eigenvalue weighted by Gasteiger charge is 2.59. The van der Waals surface area contributed by atoms with Gasteiger partial charge in [-0.05, 0) is 36.8 Å². The molecular weight excluding hydrogens is 652 g/mol. The summed E-state index contributed by atoms with van der Waals surface area (Å²) in [5.41, 5.74) is -4.48. The smallest absolute Gasteiger partial charge is 0.340 e. The summed E-state index contributed by atoms with van der Waals surface area (Å²) in [6.45, 7) is 0.712. The van der Waals surface area contributed by atoms with Crippen molar-refractivity contribution in [2.75, 3.05) is 6.61 Å². The lowest BCUT2D eigenvalue weighted by Crippen LogP contribution is -2.65. The van der Waals surface area contributed by atoms with Gasteiger partial charge in [0.25, 0.3) is 0 Å². The number of aliphatic hydroxyl groups excluding tert-OH is 7. The molecule has 2 fully saturated rings. The summed E-state index contributed by atoms with van der Waals surface area (Å²) in [7, 11) is 0. The Balaban J connectivity index is 1.49. The Kier molecular flexibility index (Phi) is 9.14. The van der Waals surface area contributed by atoms with Crippen molar-refractivity contribution < 1.29 is 79.6 Å². The third-order valence-electron chi connectivity index (χ3n) is 8.93. The van der Waals surface area contributed by atoms with Crippen LogP contribution in [-0.2, 0) is 19.8 Å². The number of phenols is 2. The van der Waals surface area contributed by atoms with Crippen LogP contribution in [0.5, 0.6) is 17.2 Å². The first-order valence-corrected chi connectivity index (χ1v) is 15.1. The first kappa shape index (κ1) is 34.7. The van der Waals surface area contributed by atoms with Crippen LogP contribution in [0.25, 0.3) is 0 Å². The molecule has 2 heterocycles. The van der Waals surface area contributed by atoms with Crippen molar-refractivity contribution in [2.45, 2.75) is 73.9 Å². The molecule has 0 spiro atoms. The van der Waals surface area contributed by atoms with E-state index in [1.54, 1.807) is 6.07 Å². The highest BCUT2D eigenvalue weighted by molar-refractivity contribution is 6.16. The minimum Gasteiger partial charge on any atom is -0.508 e. The third kappa shape index (κ3) is 5.71. The molecule has 0 aromatic heterocycles. The average molecular weight is 687 g/mol. The van der Waals surface area contributed by atoms with Crippen LogP contribution in [0.15, 0.2) is 54.6 Å². The van der Waals surface area contributed by atoms with E-state index >= 15 is 0 Å². The molecule has 1 aliphatic carbocycles. The van der Waals surface area contributed by atoms with Crippen molar-refractivity contribution in [3.05, 3.63) is 88.0 Å². The molecule has 10 N–H and O–H groups in total. The molecule has 262 valence electrons. The van der Waals surface area contributed by atoms with Crippen LogP contribution >= 0.6 is 0 Å². The van der Waals surface area contributed by atoms with Crippen molar-refractivity contribution >= 4 is 11.8 Å². The van der Waals surface area contributed by atoms with Gasteiger partial charge in [-0.2, -0.15) is 0 Å². The molecule has 49 heavy (non-hydrogen) atoms. The van der Waals surface area contributed by atoms with E-state index in [-0.39, 0.29) is 16.7 Å². The molecule has 0 saturated carbocycles. The highest BCUT2D eigenvalue weighted by atomic mass is 16.7. The van der Waals surface area contributed by atoms with E-state index in [0.717, 1.165) is 12.1 Å². The van der Waals surface area contributed by atoms with Gasteiger partial charge in [0.15, 0.2) is 0 Å². The number of fused-ring (bicyclic) bond motifs is 2. The van der Waals surface area contributed by atoms with E-state index in [4.69, 9.17) is 18.9 Å². The maximum atomic E-state index is 14.1. The number of aryl methyl sites for hydroxylation is 1. The zero-order chi connectivity index (χ0) is 35.5. The van der Waals surface area contributed by atoms with Crippen LogP contribution < -0.4 is 4.74 Å². The summed E-state index contributed by atoms with van der Waals surface area (Å²) in [4.78, 5) is 27.0. The van der Waals surface area contributed by atoms with Crippen LogP contribution in [0.4, 0.5) is 0 Å². The number of hydrogen-bond acceptors (Lipinski definition) is 16. The zero-order valence-electron chi connectivity index (χ0n) is 25.6. The summed E-state index contributed by atoms with van der Waals surface area (Å²) in [6.07, 6.45) is -19.1. The lowest BCUT2D eigenvalue weighted by atomic mass is 9.68. The summed E-state index contributed by atoms with van der Waals surface area (Å²) in [6, 6.07) is 11.8. The second-order valence-electron chi connectivity index (χ2n) is 12.2. The second-order valence-corrected chi connectivity index (χ2v) is 12.2. The molecule has 0 radical (unpaired) electrons. The maximum absolute atomic E-state index is 14.1. The van der Waals surface area contributed by atoms with E-state index < -0.39 is 119 Å². The number of benzene rings is 3. The van der Waals surface area contributed by atoms with Crippen molar-refractivity contribution in [2.24, 2.45) is 0 Å². The van der Waals surface area contributed by atoms with Gasteiger partial charge < -0.3 is 70.0 Å². The number of ketones is 1. The lowest BCUT2D eigenvalue weighted by molar-refractivity contribution is -0.308. The summed E-state index contributed by atoms with van der Waals surface area (Å²) in [5, 5.41) is 108. The van der Waals surface area contributed by atoms with Gasteiger partial charge in [0.05, 0.1) is 23.3 Å². The summed E-state index contributed by atoms with van der Waals surface area (Å²) < 4.78 is 22.4. The predicted octanol–water partition coefficient (Wildman–Crippen LogP) is -1.97. The van der Waals surface area contributed by atoms with Crippen LogP contribution in [0.3, 0.4) is 0 Å². The molecule has 2 saturated heterocycles. The molecule has 16 heteroatoms. The van der Waals surface area contributed by atoms with Crippen LogP contribution in [0.1, 0.15) is 43.0 Å². The van der Waals surface area contributed by atoms with Gasteiger partial charge in [0.1, 0.15) is 71.7 Å². The van der Waals surface area contributed by atoms with Crippen molar-refractivity contribution in [1.29, 1.82) is 0 Å². The first-order valence-electron chi connectivity index (χ1n) is 15.1. The first-order chi connectivity index (χ1) is 23.2. The molecule has 11 atom stereocenters. The molecular formula is C33H34O16. The highest BCUT2D eigenvalue weighted by Crippen LogP contribution is 2.51. The van der Waals surface area contributed by atoms with E-state index in [2.05, 4.69) is 0 Å². The number of ether oxygens (including phenoxy) is 4. The summed E-state index contributed by atoms with van der Waals surface area (Å²) >= 11 is 0.